The van der Waals surface area contributed by atoms with E-state index >= 15 is 0 Å². The van der Waals surface area contributed by atoms with E-state index in [9.17, 15) is 40.2 Å². The second kappa shape index (κ2) is 11.7. The molecule has 6 bridgehead atoms. The molecule has 3 saturated carbocycles. The SMILES string of the molecule is Cc1cc(O)c2c(c1)C(=O)c1c(c3cc4c(nccc14)NCC(O)C1(CCCC1)C1=C4C=CC5(O3)OC4(C(O)C(O)C5O)C(O)C3(CCC4(CCCC4)C3)C1)C2=O. The van der Waals surface area contributed by atoms with Gasteiger partial charge in [0.05, 0.1) is 23.3 Å². The lowest BCUT2D eigenvalue weighted by Gasteiger charge is -2.63. The molecule has 4 aliphatic heterocycles. The van der Waals surface area contributed by atoms with Gasteiger partial charge in [-0.25, -0.2) is 4.98 Å². The van der Waals surface area contributed by atoms with Gasteiger partial charge in [-0.1, -0.05) is 37.3 Å². The molecule has 7 N–H and O–H groups in total. The molecule has 3 aromatic rings. The first kappa shape index (κ1) is 36.0. The highest BCUT2D eigenvalue weighted by molar-refractivity contribution is 6.34. The Kier molecular flexibility index (Phi) is 7.40. The minimum absolute atomic E-state index is 0.000479. The summed E-state index contributed by atoms with van der Waals surface area (Å²) in [6.45, 7) is 1.79. The largest absolute Gasteiger partial charge is 0.507 e. The number of anilines is 1. The van der Waals surface area contributed by atoms with Crippen molar-refractivity contribution < 1.29 is 49.7 Å². The van der Waals surface area contributed by atoms with Crippen molar-refractivity contribution in [3.05, 3.63) is 81.6 Å². The van der Waals surface area contributed by atoms with Crippen LogP contribution < -0.4 is 10.1 Å². The van der Waals surface area contributed by atoms with Crippen LogP contribution in [0.4, 0.5) is 5.82 Å². The highest BCUT2D eigenvalue weighted by Crippen LogP contribution is 2.69. The maximum Gasteiger partial charge on any atom is 0.260 e. The molecule has 298 valence electrons. The number of phenols is 1. The Bertz CT molecular complexity index is 2380. The standard InChI is InChI=1S/C45H48N2O10/c1-22-16-25-31(28(48)17-22)35(51)33-29-18-24-23(32(33)34(25)50)7-15-46-39(24)47-20-30(49)43(10-4-5-11-43)27-19-42(14-13-41(21-42)8-2-3-9-41)40(55)45-26(27)6-12-44(56-29,57-45)37(53)36(52)38(45)54/h6-7,12,15-18,30,36-38,40,48-49,52-55H,2-5,8-11,13-14,19-21H2,1H3,(H,46,47). The van der Waals surface area contributed by atoms with Gasteiger partial charge < -0.3 is 45.4 Å². The van der Waals surface area contributed by atoms with Gasteiger partial charge in [0.15, 0.2) is 17.5 Å². The molecule has 1 saturated heterocycles. The molecule has 12 rings (SSSR count). The highest BCUT2D eigenvalue weighted by Gasteiger charge is 2.73. The fraction of sp³-hybridized carbons (Fsp3) is 0.533. The molecule has 0 radical (unpaired) electrons. The number of aromatic nitrogens is 1. The van der Waals surface area contributed by atoms with Crippen LogP contribution in [-0.2, 0) is 4.74 Å². The minimum Gasteiger partial charge on any atom is -0.507 e. The average molecular weight is 777 g/mol. The van der Waals surface area contributed by atoms with Crippen LogP contribution in [0, 0.1) is 23.2 Å². The number of aryl methyl sites for hydroxylation is 1. The fourth-order valence-electron chi connectivity index (χ4n) is 13.2. The highest BCUT2D eigenvalue weighted by atomic mass is 16.7. The molecule has 12 heteroatoms. The lowest BCUT2D eigenvalue weighted by Crippen LogP contribution is -2.78. The number of aliphatic hydroxyl groups is 5. The number of hydrogen-bond acceptors (Lipinski definition) is 12. The van der Waals surface area contributed by atoms with Gasteiger partial charge in [0, 0.05) is 40.1 Å². The predicted octanol–water partition coefficient (Wildman–Crippen LogP) is 4.66. The summed E-state index contributed by atoms with van der Waals surface area (Å²) in [6, 6.07) is 6.12. The van der Waals surface area contributed by atoms with Gasteiger partial charge in [-0.05, 0) is 111 Å². The third kappa shape index (κ3) is 4.46. The number of fused-ring (bicyclic) bond motifs is 5. The molecule has 0 amide bonds. The molecule has 1 aromatic heterocycles. The molecular weight excluding hydrogens is 728 g/mol. The molecule has 8 atom stereocenters. The molecule has 12 nitrogen and oxygen atoms in total. The lowest BCUT2D eigenvalue weighted by atomic mass is 9.52. The van der Waals surface area contributed by atoms with Crippen LogP contribution in [0.5, 0.6) is 11.5 Å². The Morgan fingerprint density at radius 1 is 0.842 bits per heavy atom. The maximum absolute atomic E-state index is 14.7. The van der Waals surface area contributed by atoms with Crippen molar-refractivity contribution in [1.29, 1.82) is 0 Å². The molecule has 5 aliphatic carbocycles. The fourth-order valence-corrected chi connectivity index (χ4v) is 13.2. The number of benzene rings is 2. The average Bonchev–Trinajstić information content (AvgIpc) is 3.97. The summed E-state index contributed by atoms with van der Waals surface area (Å²) in [5.74, 6) is -3.73. The maximum atomic E-state index is 14.7. The van der Waals surface area contributed by atoms with Gasteiger partial charge >= 0.3 is 0 Å². The molecule has 9 aliphatic rings. The zero-order valence-electron chi connectivity index (χ0n) is 31.9. The molecule has 5 heterocycles. The van der Waals surface area contributed by atoms with Gasteiger partial charge in [-0.15, -0.1) is 0 Å². The van der Waals surface area contributed by atoms with Crippen LogP contribution >= 0.6 is 0 Å². The van der Waals surface area contributed by atoms with E-state index < -0.39 is 64.3 Å². The Labute approximate surface area is 329 Å². The van der Waals surface area contributed by atoms with Gasteiger partial charge in [-0.2, -0.15) is 0 Å². The van der Waals surface area contributed by atoms with Crippen molar-refractivity contribution in [2.45, 2.75) is 126 Å². The number of nitrogens with one attached hydrogen (secondary N) is 1. The number of carbonyl (C=O) groups excluding carboxylic acids is 2. The quantitative estimate of drug-likeness (QED) is 0.131. The van der Waals surface area contributed by atoms with Crippen LogP contribution in [-0.4, -0.2) is 95.6 Å². The zero-order chi connectivity index (χ0) is 39.4. The third-order valence-corrected chi connectivity index (χ3v) is 15.8. The van der Waals surface area contributed by atoms with Crippen LogP contribution in [0.15, 0.2) is 53.8 Å². The number of carbonyl (C=O) groups is 2. The number of hydrogen-bond donors (Lipinski definition) is 7. The summed E-state index contributed by atoms with van der Waals surface area (Å²) in [4.78, 5) is 33.9. The molecular formula is C45H48N2O10. The Morgan fingerprint density at radius 2 is 1.60 bits per heavy atom. The summed E-state index contributed by atoms with van der Waals surface area (Å²) in [7, 11) is 0. The molecule has 5 spiro atoms. The van der Waals surface area contributed by atoms with E-state index in [1.165, 1.54) is 24.4 Å². The summed E-state index contributed by atoms with van der Waals surface area (Å²) in [5, 5.41) is 77.4. The van der Waals surface area contributed by atoms with E-state index in [1.807, 2.05) is 0 Å². The number of aromatic hydroxyl groups is 1. The van der Waals surface area contributed by atoms with E-state index in [-0.39, 0.29) is 45.7 Å². The van der Waals surface area contributed by atoms with Gasteiger partial charge in [0.1, 0.15) is 29.5 Å². The Morgan fingerprint density at radius 3 is 2.37 bits per heavy atom. The number of aliphatic hydroxyl groups excluding tert-OH is 5. The number of ketones is 2. The van der Waals surface area contributed by atoms with Crippen LogP contribution in [0.1, 0.15) is 114 Å². The summed E-state index contributed by atoms with van der Waals surface area (Å²) in [6.07, 6.45) is 6.87. The van der Waals surface area contributed by atoms with Gasteiger partial charge in [0.2, 0.25) is 5.78 Å². The Balaban J connectivity index is 1.19. The van der Waals surface area contributed by atoms with E-state index in [1.54, 1.807) is 25.1 Å². The van der Waals surface area contributed by atoms with Gasteiger partial charge in [0.25, 0.3) is 5.79 Å². The van der Waals surface area contributed by atoms with Crippen LogP contribution in [0.2, 0.25) is 0 Å². The summed E-state index contributed by atoms with van der Waals surface area (Å²) >= 11 is 0. The first-order valence-electron chi connectivity index (χ1n) is 20.6. The third-order valence-electron chi connectivity index (χ3n) is 15.8. The second-order valence-electron chi connectivity index (χ2n) is 18.7. The van der Waals surface area contributed by atoms with Crippen molar-refractivity contribution in [2.24, 2.45) is 16.2 Å². The zero-order valence-corrected chi connectivity index (χ0v) is 31.9. The van der Waals surface area contributed by atoms with Crippen LogP contribution in [0.3, 0.4) is 0 Å². The molecule has 8 unspecified atom stereocenters. The van der Waals surface area contributed by atoms with E-state index in [0.717, 1.165) is 50.5 Å². The van der Waals surface area contributed by atoms with Crippen molar-refractivity contribution in [1.82, 2.24) is 4.98 Å². The van der Waals surface area contributed by atoms with E-state index in [2.05, 4.69) is 10.3 Å². The first-order valence-corrected chi connectivity index (χ1v) is 20.6. The first-order chi connectivity index (χ1) is 27.3. The predicted molar refractivity (Wildman–Crippen MR) is 206 cm³/mol. The molecule has 4 fully saturated rings. The van der Waals surface area contributed by atoms with E-state index in [0.29, 0.717) is 59.8 Å². The second-order valence-corrected chi connectivity index (χ2v) is 18.7. The molecule has 57 heavy (non-hydrogen) atoms. The lowest BCUT2D eigenvalue weighted by molar-refractivity contribution is -0.367. The summed E-state index contributed by atoms with van der Waals surface area (Å²) < 4.78 is 13.8. The number of ether oxygens (including phenoxy) is 2. The van der Waals surface area contributed by atoms with Crippen molar-refractivity contribution in [2.75, 3.05) is 11.9 Å². The minimum atomic E-state index is -2.28. The summed E-state index contributed by atoms with van der Waals surface area (Å²) in [5.41, 5.74) is -1.93. The topological polar surface area (TPSA) is 199 Å². The van der Waals surface area contributed by atoms with Crippen LogP contribution in [0.25, 0.3) is 10.8 Å². The number of phenolic OH excluding ortho intramolecular Hbond substituents is 1. The normalized spacial score (nSPS) is 36.9. The number of nitrogens with zero attached hydrogens (tertiary/aromatic N) is 1. The van der Waals surface area contributed by atoms with E-state index in [4.69, 9.17) is 9.47 Å². The van der Waals surface area contributed by atoms with Crippen molar-refractivity contribution in [3.8, 4) is 11.5 Å². The van der Waals surface area contributed by atoms with Gasteiger partial charge in [-0.3, -0.25) is 9.59 Å². The molecule has 2 aromatic carbocycles. The number of rotatable bonds is 0. The number of pyridine rings is 1. The monoisotopic (exact) mass is 776 g/mol. The van der Waals surface area contributed by atoms with Crippen molar-refractivity contribution >= 4 is 28.2 Å². The Hall–Kier alpha value is -4.17. The smallest absolute Gasteiger partial charge is 0.260 e. The van der Waals surface area contributed by atoms with Crippen molar-refractivity contribution in [3.63, 3.8) is 0 Å².